The molecule has 2 unspecified atom stereocenters. The van der Waals surface area contributed by atoms with Crippen molar-refractivity contribution < 1.29 is 0 Å². The third-order valence-corrected chi connectivity index (χ3v) is 24.2. The minimum absolute atomic E-state index is 0.0803. The van der Waals surface area contributed by atoms with E-state index in [9.17, 15) is 10.5 Å². The smallest absolute Gasteiger partial charge is 0.262 e. The topological polar surface area (TPSA) is 126 Å². The fraction of sp³-hybridized carbons (Fsp3) is 0.556. The first-order chi connectivity index (χ1) is 42.0. The molecule has 86 heavy (non-hydrogen) atoms. The molecule has 4 aromatic carbocycles. The molecule has 0 aliphatic carbocycles. The molecule has 0 fully saturated rings. The predicted molar refractivity (Wildman–Crippen MR) is 379 cm³/mol. The highest BCUT2D eigenvalue weighted by atomic mass is 79.9. The van der Waals surface area contributed by atoms with Crippen LogP contribution in [0.25, 0.3) is 62.3 Å². The van der Waals surface area contributed by atoms with E-state index in [-0.39, 0.29) is 24.9 Å². The Labute approximate surface area is 542 Å². The molecule has 8 aromatic rings. The number of hydrogen-bond donors (Lipinski definition) is 0. The minimum atomic E-state index is -0.415. The largest absolute Gasteiger partial charge is 0.274 e. The number of hydrogen-bond acceptors (Lipinski definition) is 10. The molecule has 14 heteroatoms. The van der Waals surface area contributed by atoms with Crippen LogP contribution in [0.5, 0.6) is 0 Å². The summed E-state index contributed by atoms with van der Waals surface area (Å²) in [6.45, 7) is 9.48. The Hall–Kier alpha value is -4.28. The molecule has 8 rings (SSSR count). The van der Waals surface area contributed by atoms with E-state index in [1.54, 1.807) is 0 Å². The highest BCUT2D eigenvalue weighted by molar-refractivity contribution is 9.10. The monoisotopic (exact) mass is 1360 g/mol. The molecule has 0 radical (unpaired) electrons. The molecule has 0 bridgehead atoms. The Bertz CT molecular complexity index is 3570. The van der Waals surface area contributed by atoms with Crippen molar-refractivity contribution in [2.24, 2.45) is 11.8 Å². The van der Waals surface area contributed by atoms with Crippen molar-refractivity contribution in [3.8, 4) is 12.1 Å². The number of pyridine rings is 2. The molecule has 0 saturated heterocycles. The van der Waals surface area contributed by atoms with E-state index in [4.69, 9.17) is 0 Å². The Morgan fingerprint density at radius 3 is 0.837 bits per heavy atom. The summed E-state index contributed by atoms with van der Waals surface area (Å²) in [5.74, 6) is 0.161. The zero-order valence-corrected chi connectivity index (χ0v) is 58.1. The maximum absolute atomic E-state index is 16.1. The number of nitrogens with zero attached hydrogens (tertiary/aromatic N) is 4. The van der Waals surface area contributed by atoms with Crippen LogP contribution in [0.15, 0.2) is 76.7 Å². The lowest BCUT2D eigenvalue weighted by molar-refractivity contribution is 0.350. The molecule has 0 spiro atoms. The fourth-order valence-corrected chi connectivity index (χ4v) is 19.1. The summed E-state index contributed by atoms with van der Waals surface area (Å²) in [5.41, 5.74) is 0.609. The Morgan fingerprint density at radius 2 is 0.605 bits per heavy atom. The number of benzene rings is 4. The van der Waals surface area contributed by atoms with E-state index < -0.39 is 22.2 Å². The quantitative estimate of drug-likeness (QED) is 0.0280. The van der Waals surface area contributed by atoms with Gasteiger partial charge in [-0.15, -0.1) is 45.3 Å². The van der Waals surface area contributed by atoms with Gasteiger partial charge >= 0.3 is 0 Å². The number of unbranched alkanes of at least 4 members (excludes halogenated alkanes) is 24. The van der Waals surface area contributed by atoms with Gasteiger partial charge in [-0.1, -0.05) is 264 Å². The van der Waals surface area contributed by atoms with Gasteiger partial charge in [-0.2, -0.15) is 10.5 Å². The fourth-order valence-electron chi connectivity index (χ4n) is 13.0. The highest BCUT2D eigenvalue weighted by Gasteiger charge is 2.31. The summed E-state index contributed by atoms with van der Waals surface area (Å²) in [7, 11) is 0. The summed E-state index contributed by atoms with van der Waals surface area (Å²) in [5, 5.41) is 24.1. The Kier molecular flexibility index (Phi) is 27.2. The van der Waals surface area contributed by atoms with Crippen LogP contribution in [-0.4, -0.2) is 9.13 Å². The number of aromatic nitrogens is 2. The van der Waals surface area contributed by atoms with Crippen LogP contribution in [-0.2, 0) is 13.1 Å². The van der Waals surface area contributed by atoms with Crippen LogP contribution in [0.3, 0.4) is 0 Å². The maximum atomic E-state index is 16.1. The molecule has 4 heterocycles. The van der Waals surface area contributed by atoms with Gasteiger partial charge in [0.15, 0.2) is 0 Å². The molecular weight excluding hydrogens is 1270 g/mol. The lowest BCUT2D eigenvalue weighted by atomic mass is 9.92. The summed E-state index contributed by atoms with van der Waals surface area (Å²) < 4.78 is 8.29. The molecule has 0 aliphatic heterocycles. The van der Waals surface area contributed by atoms with Crippen molar-refractivity contribution in [3.05, 3.63) is 118 Å². The zero-order valence-electron chi connectivity index (χ0n) is 51.6. The summed E-state index contributed by atoms with van der Waals surface area (Å²) in [6, 6.07) is 20.2. The van der Waals surface area contributed by atoms with Crippen molar-refractivity contribution in [2.75, 3.05) is 0 Å². The van der Waals surface area contributed by atoms with Crippen molar-refractivity contribution in [1.82, 2.24) is 9.13 Å². The van der Waals surface area contributed by atoms with Gasteiger partial charge in [-0.3, -0.25) is 28.3 Å². The Morgan fingerprint density at radius 1 is 0.372 bits per heavy atom. The van der Waals surface area contributed by atoms with Crippen LogP contribution in [0, 0.1) is 34.5 Å². The van der Waals surface area contributed by atoms with Gasteiger partial charge in [-0.25, -0.2) is 0 Å². The van der Waals surface area contributed by atoms with Gasteiger partial charge in [0.05, 0.1) is 59.2 Å². The normalized spacial score (nSPS) is 12.6. The third kappa shape index (κ3) is 16.8. The van der Waals surface area contributed by atoms with Gasteiger partial charge in [-0.05, 0) is 72.9 Å². The number of fused-ring (bicyclic) bond motifs is 6. The summed E-state index contributed by atoms with van der Waals surface area (Å²) in [4.78, 5) is 64.4. The second-order valence-corrected chi connectivity index (χ2v) is 30.8. The SMILES string of the molecule is CCCCCCCCCCC(CCCCCCCC)Cn1c(=O)c2c3sc(=C(C#N)c4ccc(Br)cc4)sc3c3c(=O)n(CC(CCCCCCCC)CCCCCCCCCC)c(=O)c4c5sc(=C(C#N)c6ccc(Br)cc6)sc5c(c1=O)c2c34. The summed E-state index contributed by atoms with van der Waals surface area (Å²) >= 11 is 12.5. The number of rotatable bonds is 38. The first kappa shape index (κ1) is 67.6. The van der Waals surface area contributed by atoms with Gasteiger partial charge < -0.3 is 0 Å². The molecule has 0 aliphatic rings. The average Bonchev–Trinajstić information content (AvgIpc) is 1.24. The lowest BCUT2D eigenvalue weighted by Gasteiger charge is -2.21. The van der Waals surface area contributed by atoms with E-state index in [1.807, 2.05) is 48.5 Å². The third-order valence-electron chi connectivity index (χ3n) is 17.8. The van der Waals surface area contributed by atoms with Crippen LogP contribution in [0.2, 0.25) is 0 Å². The van der Waals surface area contributed by atoms with E-state index in [0.717, 1.165) is 98.8 Å². The van der Waals surface area contributed by atoms with E-state index in [1.165, 1.54) is 170 Å². The van der Waals surface area contributed by atoms with Crippen molar-refractivity contribution in [1.29, 1.82) is 10.5 Å². The van der Waals surface area contributed by atoms with E-state index >= 15 is 19.2 Å². The molecule has 0 amide bonds. The van der Waals surface area contributed by atoms with E-state index in [0.29, 0.717) is 81.1 Å². The molecule has 2 atom stereocenters. The molecule has 0 saturated carbocycles. The zero-order chi connectivity index (χ0) is 61.0. The molecule has 0 N–H and O–H groups in total. The second kappa shape index (κ2) is 34.6. The second-order valence-electron chi connectivity index (χ2n) is 24.4. The van der Waals surface area contributed by atoms with Crippen molar-refractivity contribution in [2.45, 2.75) is 246 Å². The van der Waals surface area contributed by atoms with Gasteiger partial charge in [0, 0.05) is 32.8 Å². The average molecular weight is 1360 g/mol. The van der Waals surface area contributed by atoms with Gasteiger partial charge in [0.25, 0.3) is 22.2 Å². The van der Waals surface area contributed by atoms with Crippen molar-refractivity contribution in [3.63, 3.8) is 0 Å². The maximum Gasteiger partial charge on any atom is 0.262 e. The summed E-state index contributed by atoms with van der Waals surface area (Å²) in [6.07, 6.45) is 36.5. The lowest BCUT2D eigenvalue weighted by Crippen LogP contribution is -2.38. The molecule has 4 aromatic heterocycles. The molecule has 460 valence electrons. The Balaban J connectivity index is 1.40. The van der Waals surface area contributed by atoms with Crippen LogP contribution < -0.4 is 29.9 Å². The first-order valence-corrected chi connectivity index (χ1v) is 37.8. The first-order valence-electron chi connectivity index (χ1n) is 33.0. The molecular formula is C72H90Br2N4O4S4. The predicted octanol–water partition coefficient (Wildman–Crippen LogP) is 20.9. The van der Waals surface area contributed by atoms with Crippen LogP contribution >= 0.6 is 77.2 Å². The standard InChI is InChI=1S/C72H90Br2N4O4S4/c1-5-9-13-17-21-23-27-31-35-49(33-29-25-19-15-11-7-3)47-77-67(79)59-57-58-61(65-63(59)83-71(85-65)55(45-75)51-37-41-53(73)42-38-51)69(81)78(48-50(34-30-26-20-16-12-8-4)36-32-28-24-22-18-14-10-6-2)70(82)62(58)66-64(60(57)68(77)80)84-72(86-66)56(46-76)52-39-43-54(74)44-40-52/h37-44,49-50H,5-36,47-48H2,1-4H3. The minimum Gasteiger partial charge on any atom is -0.274 e. The number of nitriles is 2. The van der Waals surface area contributed by atoms with E-state index in [2.05, 4.69) is 71.7 Å². The van der Waals surface area contributed by atoms with Crippen LogP contribution in [0.1, 0.15) is 244 Å². The van der Waals surface area contributed by atoms with Gasteiger partial charge in [0.2, 0.25) is 0 Å². The van der Waals surface area contributed by atoms with Crippen LogP contribution in [0.4, 0.5) is 0 Å². The number of halogens is 2. The van der Waals surface area contributed by atoms with Crippen molar-refractivity contribution >= 4 is 139 Å². The highest BCUT2D eigenvalue weighted by Crippen LogP contribution is 2.45. The molecule has 8 nitrogen and oxygen atoms in total. The van der Waals surface area contributed by atoms with Gasteiger partial charge in [0.1, 0.15) is 12.1 Å².